The van der Waals surface area contributed by atoms with E-state index in [9.17, 15) is 0 Å². The predicted molar refractivity (Wildman–Crippen MR) is 64.5 cm³/mol. The first-order chi connectivity index (χ1) is 7.15. The van der Waals surface area contributed by atoms with Crippen LogP contribution in [0, 0.1) is 41.4 Å². The summed E-state index contributed by atoms with van der Waals surface area (Å²) >= 11 is 0. The summed E-state index contributed by atoms with van der Waals surface area (Å²) in [6.07, 6.45) is 7.78. The molecule has 3 aliphatic rings. The molecule has 3 saturated carbocycles. The van der Waals surface area contributed by atoms with Gasteiger partial charge in [0.2, 0.25) is 0 Å². The summed E-state index contributed by atoms with van der Waals surface area (Å²) in [4.78, 5) is 0. The maximum atomic E-state index is 2.50. The van der Waals surface area contributed by atoms with Crippen molar-refractivity contribution < 1.29 is 0 Å². The smallest absolute Gasteiger partial charge is 0.0360 e. The van der Waals surface area contributed by atoms with Crippen LogP contribution < -0.4 is 0 Å². The van der Waals surface area contributed by atoms with E-state index in [0.29, 0.717) is 0 Å². The lowest BCUT2D eigenvalue weighted by atomic mass is 9.96. The lowest BCUT2D eigenvalue weighted by molar-refractivity contribution is 0.404. The molecule has 0 amide bonds. The van der Waals surface area contributed by atoms with Crippen molar-refractivity contribution in [3.8, 4) is 0 Å². The number of rotatable bonds is 5. The molecule has 15 heavy (non-hydrogen) atoms. The molecular formula is C15H26. The van der Waals surface area contributed by atoms with Gasteiger partial charge in [0.1, 0.15) is 0 Å². The van der Waals surface area contributed by atoms with Crippen molar-refractivity contribution in [3.05, 3.63) is 0 Å². The molecule has 0 aromatic rings. The van der Waals surface area contributed by atoms with Crippen LogP contribution in [0.5, 0.6) is 0 Å². The molecule has 0 heteroatoms. The average Bonchev–Trinajstić information content (AvgIpc) is 3.04. The topological polar surface area (TPSA) is 0 Å². The minimum Gasteiger partial charge on any atom is -0.0622 e. The summed E-state index contributed by atoms with van der Waals surface area (Å²) in [6.45, 7) is 7.36. The third-order valence-electron chi connectivity index (χ3n) is 5.53. The normalized spacial score (nSPS) is 53.8. The highest BCUT2D eigenvalue weighted by atomic mass is 14.5. The van der Waals surface area contributed by atoms with Crippen LogP contribution in [0.1, 0.15) is 52.9 Å². The van der Waals surface area contributed by atoms with E-state index in [-0.39, 0.29) is 0 Å². The summed E-state index contributed by atoms with van der Waals surface area (Å²) in [5, 5.41) is 0. The second-order valence-electron chi connectivity index (χ2n) is 7.05. The molecule has 7 atom stereocenters. The van der Waals surface area contributed by atoms with Crippen LogP contribution in [0.4, 0.5) is 0 Å². The molecule has 0 saturated heterocycles. The molecule has 3 aliphatic carbocycles. The van der Waals surface area contributed by atoms with Crippen molar-refractivity contribution in [1.29, 1.82) is 0 Å². The van der Waals surface area contributed by atoms with E-state index < -0.39 is 0 Å². The highest BCUT2D eigenvalue weighted by Gasteiger charge is 2.46. The zero-order valence-electron chi connectivity index (χ0n) is 10.6. The van der Waals surface area contributed by atoms with Crippen LogP contribution in [0.25, 0.3) is 0 Å². The van der Waals surface area contributed by atoms with E-state index in [2.05, 4.69) is 20.8 Å². The second-order valence-corrected chi connectivity index (χ2v) is 7.05. The van der Waals surface area contributed by atoms with Gasteiger partial charge in [0.15, 0.2) is 0 Å². The fraction of sp³-hybridized carbons (Fsp3) is 1.00. The first-order valence-electron chi connectivity index (χ1n) is 7.15. The van der Waals surface area contributed by atoms with Crippen LogP contribution in [0.3, 0.4) is 0 Å². The molecule has 86 valence electrons. The third kappa shape index (κ3) is 2.24. The van der Waals surface area contributed by atoms with Gasteiger partial charge in [-0.3, -0.25) is 0 Å². The molecule has 3 fully saturated rings. The molecule has 0 aromatic carbocycles. The molecule has 0 nitrogen and oxygen atoms in total. The Kier molecular flexibility index (Phi) is 2.37. The molecule has 3 rings (SSSR count). The quantitative estimate of drug-likeness (QED) is 0.627. The van der Waals surface area contributed by atoms with Crippen LogP contribution in [0.15, 0.2) is 0 Å². The summed E-state index contributed by atoms with van der Waals surface area (Å²) in [5.74, 6) is 7.69. The van der Waals surface area contributed by atoms with Crippen LogP contribution >= 0.6 is 0 Å². The Morgan fingerprint density at radius 2 is 1.60 bits per heavy atom. The Labute approximate surface area is 94.8 Å². The van der Waals surface area contributed by atoms with Crippen molar-refractivity contribution in [1.82, 2.24) is 0 Å². The van der Waals surface area contributed by atoms with E-state index in [4.69, 9.17) is 0 Å². The van der Waals surface area contributed by atoms with Crippen LogP contribution in [-0.2, 0) is 0 Å². The first kappa shape index (κ1) is 10.2. The monoisotopic (exact) mass is 206 g/mol. The summed E-state index contributed by atoms with van der Waals surface area (Å²) in [6, 6.07) is 0. The largest absolute Gasteiger partial charge is 0.0622 e. The Bertz CT molecular complexity index is 244. The van der Waals surface area contributed by atoms with Crippen molar-refractivity contribution >= 4 is 0 Å². The van der Waals surface area contributed by atoms with Gasteiger partial charge >= 0.3 is 0 Å². The van der Waals surface area contributed by atoms with E-state index in [1.807, 2.05) is 0 Å². The molecule has 0 aliphatic heterocycles. The van der Waals surface area contributed by atoms with E-state index in [0.717, 1.165) is 41.4 Å². The maximum absolute atomic E-state index is 2.50. The SMILES string of the molecule is CC1CC1CC1CC1CC(C)C1CC1C. The van der Waals surface area contributed by atoms with E-state index >= 15 is 0 Å². The van der Waals surface area contributed by atoms with Crippen molar-refractivity contribution in [2.24, 2.45) is 41.4 Å². The van der Waals surface area contributed by atoms with Gasteiger partial charge in [-0.2, -0.15) is 0 Å². The summed E-state index contributed by atoms with van der Waals surface area (Å²) in [7, 11) is 0. The van der Waals surface area contributed by atoms with Gasteiger partial charge < -0.3 is 0 Å². The molecule has 0 N–H and O–H groups in total. The number of hydrogen-bond donors (Lipinski definition) is 0. The van der Waals surface area contributed by atoms with Gasteiger partial charge in [-0.15, -0.1) is 0 Å². The van der Waals surface area contributed by atoms with Gasteiger partial charge in [0.05, 0.1) is 0 Å². The predicted octanol–water partition coefficient (Wildman–Crippen LogP) is 4.35. The van der Waals surface area contributed by atoms with E-state index in [1.165, 1.54) is 6.42 Å². The van der Waals surface area contributed by atoms with Crippen LogP contribution in [0.2, 0.25) is 0 Å². The van der Waals surface area contributed by atoms with Gasteiger partial charge in [-0.25, -0.2) is 0 Å². The minimum atomic E-state index is 1.03. The Hall–Kier alpha value is 0. The van der Waals surface area contributed by atoms with E-state index in [1.54, 1.807) is 25.7 Å². The van der Waals surface area contributed by atoms with Crippen molar-refractivity contribution in [2.75, 3.05) is 0 Å². The zero-order valence-corrected chi connectivity index (χ0v) is 10.6. The summed E-state index contributed by atoms with van der Waals surface area (Å²) < 4.78 is 0. The van der Waals surface area contributed by atoms with Crippen molar-refractivity contribution in [3.63, 3.8) is 0 Å². The number of hydrogen-bond acceptors (Lipinski definition) is 0. The first-order valence-corrected chi connectivity index (χ1v) is 7.15. The molecule has 0 aromatic heterocycles. The Balaban J connectivity index is 1.36. The van der Waals surface area contributed by atoms with Crippen molar-refractivity contribution in [2.45, 2.75) is 52.9 Å². The second kappa shape index (κ2) is 3.50. The third-order valence-corrected chi connectivity index (χ3v) is 5.53. The van der Waals surface area contributed by atoms with Gasteiger partial charge in [0.25, 0.3) is 0 Å². The molecule has 7 unspecified atom stereocenters. The fourth-order valence-corrected chi connectivity index (χ4v) is 3.80. The minimum absolute atomic E-state index is 1.03. The Morgan fingerprint density at radius 3 is 2.13 bits per heavy atom. The maximum Gasteiger partial charge on any atom is -0.0360 e. The molecule has 0 bridgehead atoms. The highest BCUT2D eigenvalue weighted by molar-refractivity contribution is 4.96. The zero-order chi connectivity index (χ0) is 10.6. The highest BCUT2D eigenvalue weighted by Crippen LogP contribution is 2.55. The lowest BCUT2D eigenvalue weighted by Crippen LogP contribution is -2.01. The molecule has 0 radical (unpaired) electrons. The fourth-order valence-electron chi connectivity index (χ4n) is 3.80. The van der Waals surface area contributed by atoms with Gasteiger partial charge in [-0.1, -0.05) is 20.8 Å². The lowest BCUT2D eigenvalue weighted by Gasteiger charge is -2.09. The Morgan fingerprint density at radius 1 is 0.933 bits per heavy atom. The summed E-state index contributed by atoms with van der Waals surface area (Å²) in [5.41, 5.74) is 0. The molecular weight excluding hydrogens is 180 g/mol. The van der Waals surface area contributed by atoms with Gasteiger partial charge in [-0.05, 0) is 73.5 Å². The average molecular weight is 206 g/mol. The molecule has 0 spiro atoms. The van der Waals surface area contributed by atoms with Crippen LogP contribution in [-0.4, -0.2) is 0 Å². The van der Waals surface area contributed by atoms with Gasteiger partial charge in [0, 0.05) is 0 Å². The molecule has 0 heterocycles. The standard InChI is InChI=1S/C15H26/c1-9-4-12(9)7-14-8-13(14)5-10(2)15-6-11(15)3/h9-15H,4-8H2,1-3H3.